The number of aromatic nitrogens is 5. The second-order valence-electron chi connectivity index (χ2n) is 7.05. The summed E-state index contributed by atoms with van der Waals surface area (Å²) < 4.78 is 25.5. The summed E-state index contributed by atoms with van der Waals surface area (Å²) >= 11 is 0. The van der Waals surface area contributed by atoms with Gasteiger partial charge in [0.1, 0.15) is 23.8 Å². The van der Waals surface area contributed by atoms with E-state index in [4.69, 9.17) is 9.47 Å². The zero-order valence-electron chi connectivity index (χ0n) is 15.9. The minimum Gasteiger partial charge on any atom is -0.471 e. The lowest BCUT2D eigenvalue weighted by Gasteiger charge is -2.38. The predicted molar refractivity (Wildman–Crippen MR) is 99.5 cm³/mol. The van der Waals surface area contributed by atoms with E-state index in [9.17, 15) is 9.18 Å². The molecular weight excluding hydrogens is 379 g/mol. The van der Waals surface area contributed by atoms with E-state index in [0.29, 0.717) is 41.7 Å². The number of nitrogens with zero attached hydrogens (tertiary/aromatic N) is 5. The number of aryl methyl sites for hydroxylation is 1. The molecule has 0 aromatic carbocycles. The lowest BCUT2D eigenvalue weighted by molar-refractivity contribution is -0.0593. The minimum atomic E-state index is -0.428. The monoisotopic (exact) mass is 398 g/mol. The molecule has 0 unspecified atom stereocenters. The zero-order chi connectivity index (χ0) is 20.4. The van der Waals surface area contributed by atoms with E-state index in [1.165, 1.54) is 18.3 Å². The standard InChI is InChI=1S/C19H19FN6O3/c1-19(10-28-11-19)23-18(27)12-3-6-16(22-7-12)29-9-15-17(24-25-26(15)2)14-5-4-13(20)8-21-14/h3-8H,9-11H2,1-2H3,(H,23,27). The van der Waals surface area contributed by atoms with E-state index in [1.54, 1.807) is 23.9 Å². The SMILES string of the molecule is Cn1nnc(-c2ccc(F)cn2)c1COc1ccc(C(=O)NC2(C)COC2)cn1. The molecule has 0 bridgehead atoms. The summed E-state index contributed by atoms with van der Waals surface area (Å²) in [5.41, 5.74) is 1.75. The van der Waals surface area contributed by atoms with Gasteiger partial charge in [-0.05, 0) is 25.1 Å². The van der Waals surface area contributed by atoms with Crippen LogP contribution in [0.15, 0.2) is 36.7 Å². The van der Waals surface area contributed by atoms with Crippen molar-refractivity contribution >= 4 is 5.91 Å². The van der Waals surface area contributed by atoms with Crippen molar-refractivity contribution in [3.8, 4) is 17.3 Å². The molecule has 0 saturated carbocycles. The van der Waals surface area contributed by atoms with Gasteiger partial charge < -0.3 is 14.8 Å². The molecule has 4 heterocycles. The van der Waals surface area contributed by atoms with Gasteiger partial charge in [0.15, 0.2) is 0 Å². The number of rotatable bonds is 6. The number of carbonyl (C=O) groups excluding carboxylic acids is 1. The van der Waals surface area contributed by atoms with Crippen molar-refractivity contribution in [2.75, 3.05) is 13.2 Å². The second-order valence-corrected chi connectivity index (χ2v) is 7.05. The minimum absolute atomic E-state index is 0.131. The maximum Gasteiger partial charge on any atom is 0.253 e. The zero-order valence-corrected chi connectivity index (χ0v) is 15.9. The fourth-order valence-electron chi connectivity index (χ4n) is 2.82. The third-order valence-electron chi connectivity index (χ3n) is 4.52. The van der Waals surface area contributed by atoms with Crippen LogP contribution in [0, 0.1) is 5.82 Å². The van der Waals surface area contributed by atoms with Gasteiger partial charge in [-0.2, -0.15) is 0 Å². The Balaban J connectivity index is 1.42. The quantitative estimate of drug-likeness (QED) is 0.671. The van der Waals surface area contributed by atoms with Gasteiger partial charge in [0, 0.05) is 19.3 Å². The van der Waals surface area contributed by atoms with E-state index in [0.717, 1.165) is 6.20 Å². The highest BCUT2D eigenvalue weighted by Gasteiger charge is 2.35. The van der Waals surface area contributed by atoms with Crippen molar-refractivity contribution in [2.45, 2.75) is 19.1 Å². The third-order valence-corrected chi connectivity index (χ3v) is 4.52. The van der Waals surface area contributed by atoms with Crippen LogP contribution >= 0.6 is 0 Å². The molecular formula is C19H19FN6O3. The summed E-state index contributed by atoms with van der Waals surface area (Å²) in [5.74, 6) is -0.295. The van der Waals surface area contributed by atoms with Crippen molar-refractivity contribution in [2.24, 2.45) is 7.05 Å². The maximum absolute atomic E-state index is 13.1. The first-order chi connectivity index (χ1) is 13.9. The Morgan fingerprint density at radius 3 is 2.72 bits per heavy atom. The summed E-state index contributed by atoms with van der Waals surface area (Å²) in [7, 11) is 1.73. The van der Waals surface area contributed by atoms with E-state index in [1.807, 2.05) is 6.92 Å². The van der Waals surface area contributed by atoms with Gasteiger partial charge in [-0.15, -0.1) is 5.10 Å². The van der Waals surface area contributed by atoms with E-state index < -0.39 is 5.82 Å². The lowest BCUT2D eigenvalue weighted by Crippen LogP contribution is -2.59. The van der Waals surface area contributed by atoms with E-state index in [2.05, 4.69) is 25.6 Å². The van der Waals surface area contributed by atoms with Gasteiger partial charge in [0.05, 0.1) is 36.2 Å². The van der Waals surface area contributed by atoms with Gasteiger partial charge in [-0.25, -0.2) is 14.1 Å². The second kappa shape index (κ2) is 7.55. The average Bonchev–Trinajstić information content (AvgIpc) is 3.06. The van der Waals surface area contributed by atoms with Crippen molar-refractivity contribution in [3.63, 3.8) is 0 Å². The Bertz CT molecular complexity index is 1020. The van der Waals surface area contributed by atoms with Crippen LogP contribution in [0.2, 0.25) is 0 Å². The lowest BCUT2D eigenvalue weighted by atomic mass is 10.0. The molecule has 0 aliphatic carbocycles. The Morgan fingerprint density at radius 2 is 2.10 bits per heavy atom. The molecule has 0 radical (unpaired) electrons. The topological polar surface area (TPSA) is 104 Å². The van der Waals surface area contributed by atoms with Crippen LogP contribution in [0.1, 0.15) is 23.0 Å². The van der Waals surface area contributed by atoms with Gasteiger partial charge >= 0.3 is 0 Å². The number of hydrogen-bond acceptors (Lipinski definition) is 7. The summed E-state index contributed by atoms with van der Waals surface area (Å²) in [6, 6.07) is 6.10. The normalized spacial score (nSPS) is 14.9. The van der Waals surface area contributed by atoms with Crippen LogP contribution in [-0.2, 0) is 18.4 Å². The van der Waals surface area contributed by atoms with Crippen LogP contribution in [0.4, 0.5) is 4.39 Å². The average molecular weight is 398 g/mol. The van der Waals surface area contributed by atoms with Gasteiger partial charge in [0.2, 0.25) is 5.88 Å². The number of pyridine rings is 2. The molecule has 1 saturated heterocycles. The summed E-state index contributed by atoms with van der Waals surface area (Å²) in [5, 5.41) is 11.0. The van der Waals surface area contributed by atoms with Crippen molar-refractivity contribution in [1.82, 2.24) is 30.3 Å². The van der Waals surface area contributed by atoms with E-state index in [-0.39, 0.29) is 18.1 Å². The molecule has 0 atom stereocenters. The Morgan fingerprint density at radius 1 is 1.28 bits per heavy atom. The molecule has 10 heteroatoms. The molecule has 1 N–H and O–H groups in total. The highest BCUT2D eigenvalue weighted by molar-refractivity contribution is 5.94. The maximum atomic E-state index is 13.1. The molecule has 3 aromatic heterocycles. The fraction of sp³-hybridized carbons (Fsp3) is 0.316. The molecule has 1 amide bonds. The third kappa shape index (κ3) is 4.06. The first kappa shape index (κ1) is 18.9. The van der Waals surface area contributed by atoms with Crippen LogP contribution < -0.4 is 10.1 Å². The smallest absolute Gasteiger partial charge is 0.253 e. The number of hydrogen-bond donors (Lipinski definition) is 1. The molecule has 29 heavy (non-hydrogen) atoms. The largest absolute Gasteiger partial charge is 0.471 e. The first-order valence-electron chi connectivity index (χ1n) is 8.93. The Kier molecular flexibility index (Phi) is 4.93. The molecule has 1 aliphatic rings. The molecule has 9 nitrogen and oxygen atoms in total. The number of nitrogens with one attached hydrogen (secondary N) is 1. The molecule has 3 aromatic rings. The van der Waals surface area contributed by atoms with Crippen molar-refractivity contribution < 1.29 is 18.7 Å². The van der Waals surface area contributed by atoms with Crippen LogP contribution in [-0.4, -0.2) is 49.6 Å². The van der Waals surface area contributed by atoms with Crippen LogP contribution in [0.3, 0.4) is 0 Å². The van der Waals surface area contributed by atoms with Crippen LogP contribution in [0.25, 0.3) is 11.4 Å². The van der Waals surface area contributed by atoms with Crippen molar-refractivity contribution in [1.29, 1.82) is 0 Å². The van der Waals surface area contributed by atoms with Gasteiger partial charge in [-0.3, -0.25) is 9.78 Å². The van der Waals surface area contributed by atoms with Gasteiger partial charge in [0.25, 0.3) is 5.91 Å². The highest BCUT2D eigenvalue weighted by atomic mass is 19.1. The van der Waals surface area contributed by atoms with Crippen LogP contribution in [0.5, 0.6) is 5.88 Å². The first-order valence-corrected chi connectivity index (χ1v) is 8.93. The van der Waals surface area contributed by atoms with Gasteiger partial charge in [-0.1, -0.05) is 5.21 Å². The molecule has 150 valence electrons. The highest BCUT2D eigenvalue weighted by Crippen LogP contribution is 2.21. The predicted octanol–water partition coefficient (Wildman–Crippen LogP) is 1.51. The number of halogens is 1. The number of carbonyl (C=O) groups is 1. The fourth-order valence-corrected chi connectivity index (χ4v) is 2.82. The Hall–Kier alpha value is -3.40. The summed E-state index contributed by atoms with van der Waals surface area (Å²) in [6.45, 7) is 3.05. The summed E-state index contributed by atoms with van der Waals surface area (Å²) in [6.07, 6.45) is 2.58. The summed E-state index contributed by atoms with van der Waals surface area (Å²) in [4.78, 5) is 20.5. The molecule has 1 aliphatic heterocycles. The molecule has 4 rings (SSSR count). The number of ether oxygens (including phenoxy) is 2. The van der Waals surface area contributed by atoms with Crippen molar-refractivity contribution in [3.05, 3.63) is 53.7 Å². The molecule has 0 spiro atoms. The van der Waals surface area contributed by atoms with E-state index >= 15 is 0 Å². The Labute approximate surface area is 165 Å². The number of amides is 1. The molecule has 1 fully saturated rings.